The normalized spacial score (nSPS) is 10.3. The lowest BCUT2D eigenvalue weighted by Crippen LogP contribution is -2.17. The van der Waals surface area contributed by atoms with Crippen LogP contribution in [0.5, 0.6) is 0 Å². The minimum atomic E-state index is -0.787. The SMILES string of the molecule is CNC(=O)c1ccc(-c2cc(F)cc(F)c2)c(F)c1. The number of amides is 1. The lowest BCUT2D eigenvalue weighted by Gasteiger charge is -2.06. The van der Waals surface area contributed by atoms with E-state index in [1.807, 2.05) is 0 Å². The van der Waals surface area contributed by atoms with E-state index in [9.17, 15) is 18.0 Å². The van der Waals surface area contributed by atoms with E-state index in [2.05, 4.69) is 5.32 Å². The van der Waals surface area contributed by atoms with E-state index in [0.29, 0.717) is 6.07 Å². The van der Waals surface area contributed by atoms with Crippen LogP contribution in [0.1, 0.15) is 10.4 Å². The van der Waals surface area contributed by atoms with Gasteiger partial charge in [-0.15, -0.1) is 0 Å². The maximum atomic E-state index is 13.9. The van der Waals surface area contributed by atoms with E-state index in [0.717, 1.165) is 18.2 Å². The predicted molar refractivity (Wildman–Crippen MR) is 65.1 cm³/mol. The van der Waals surface area contributed by atoms with Crippen molar-refractivity contribution in [3.05, 3.63) is 59.4 Å². The summed E-state index contributed by atoms with van der Waals surface area (Å²) in [6.07, 6.45) is 0. The van der Waals surface area contributed by atoms with E-state index in [1.54, 1.807) is 0 Å². The van der Waals surface area contributed by atoms with Gasteiger partial charge in [0.05, 0.1) is 0 Å². The molecule has 0 radical (unpaired) electrons. The Hall–Kier alpha value is -2.30. The van der Waals surface area contributed by atoms with Crippen LogP contribution in [0, 0.1) is 17.5 Å². The number of hydrogen-bond donors (Lipinski definition) is 1. The van der Waals surface area contributed by atoms with Crippen LogP contribution in [-0.2, 0) is 0 Å². The molecule has 19 heavy (non-hydrogen) atoms. The molecule has 2 aromatic rings. The van der Waals surface area contributed by atoms with Crippen LogP contribution in [0.15, 0.2) is 36.4 Å². The molecule has 0 aromatic heterocycles. The second-order valence-electron chi connectivity index (χ2n) is 3.93. The third-order valence-corrected chi connectivity index (χ3v) is 2.63. The van der Waals surface area contributed by atoms with Crippen molar-refractivity contribution in [2.24, 2.45) is 0 Å². The topological polar surface area (TPSA) is 29.1 Å². The van der Waals surface area contributed by atoms with Gasteiger partial charge in [0.1, 0.15) is 17.5 Å². The molecule has 5 heteroatoms. The van der Waals surface area contributed by atoms with Crippen LogP contribution in [0.25, 0.3) is 11.1 Å². The number of hydrogen-bond acceptors (Lipinski definition) is 1. The summed E-state index contributed by atoms with van der Waals surface area (Å²) in [5.74, 6) is -2.73. The molecule has 0 aliphatic rings. The lowest BCUT2D eigenvalue weighted by atomic mass is 10.0. The Kier molecular flexibility index (Phi) is 3.55. The Morgan fingerprint density at radius 1 is 1.00 bits per heavy atom. The standard InChI is InChI=1S/C14H10F3NO/c1-18-14(19)8-2-3-12(13(17)6-8)9-4-10(15)7-11(16)5-9/h2-7H,1H3,(H,18,19). The quantitative estimate of drug-likeness (QED) is 0.888. The average molecular weight is 265 g/mol. The first-order valence-electron chi connectivity index (χ1n) is 5.49. The first-order valence-corrected chi connectivity index (χ1v) is 5.49. The fraction of sp³-hybridized carbons (Fsp3) is 0.0714. The Balaban J connectivity index is 2.49. The first kappa shape index (κ1) is 13.1. The van der Waals surface area contributed by atoms with Gasteiger partial charge in [-0.1, -0.05) is 6.07 Å². The van der Waals surface area contributed by atoms with Gasteiger partial charge >= 0.3 is 0 Å². The summed E-state index contributed by atoms with van der Waals surface area (Å²) < 4.78 is 40.0. The third-order valence-electron chi connectivity index (χ3n) is 2.63. The molecule has 2 aromatic carbocycles. The molecule has 0 spiro atoms. The van der Waals surface area contributed by atoms with E-state index < -0.39 is 23.4 Å². The highest BCUT2D eigenvalue weighted by molar-refractivity contribution is 5.94. The lowest BCUT2D eigenvalue weighted by molar-refractivity contribution is 0.0962. The summed E-state index contributed by atoms with van der Waals surface area (Å²) in [5, 5.41) is 2.36. The van der Waals surface area contributed by atoms with Crippen LogP contribution in [0.3, 0.4) is 0 Å². The Morgan fingerprint density at radius 2 is 1.63 bits per heavy atom. The molecule has 0 bridgehead atoms. The van der Waals surface area contributed by atoms with Gasteiger partial charge in [-0.3, -0.25) is 4.79 Å². The molecule has 0 fully saturated rings. The van der Waals surface area contributed by atoms with Gasteiger partial charge in [0, 0.05) is 24.2 Å². The van der Waals surface area contributed by atoms with Gasteiger partial charge < -0.3 is 5.32 Å². The van der Waals surface area contributed by atoms with Crippen LogP contribution in [-0.4, -0.2) is 13.0 Å². The second-order valence-corrected chi connectivity index (χ2v) is 3.93. The number of carbonyl (C=O) groups excluding carboxylic acids is 1. The number of rotatable bonds is 2. The highest BCUT2D eigenvalue weighted by atomic mass is 19.1. The summed E-state index contributed by atoms with van der Waals surface area (Å²) >= 11 is 0. The zero-order valence-corrected chi connectivity index (χ0v) is 10.0. The van der Waals surface area contributed by atoms with Gasteiger partial charge in [-0.05, 0) is 29.8 Å². The molecule has 0 saturated heterocycles. The number of carbonyl (C=O) groups is 1. The molecule has 0 aliphatic heterocycles. The van der Waals surface area contributed by atoms with Crippen LogP contribution in [0.2, 0.25) is 0 Å². The van der Waals surface area contributed by atoms with Crippen molar-refractivity contribution in [3.8, 4) is 11.1 Å². The smallest absolute Gasteiger partial charge is 0.251 e. The second kappa shape index (κ2) is 5.14. The summed E-state index contributed by atoms with van der Waals surface area (Å²) in [7, 11) is 1.43. The molecule has 2 nitrogen and oxygen atoms in total. The number of benzene rings is 2. The van der Waals surface area contributed by atoms with Crippen molar-refractivity contribution >= 4 is 5.91 Å². The molecule has 0 atom stereocenters. The molecule has 0 heterocycles. The number of halogens is 3. The van der Waals surface area contributed by atoms with Gasteiger partial charge in [-0.2, -0.15) is 0 Å². The fourth-order valence-electron chi connectivity index (χ4n) is 1.74. The van der Waals surface area contributed by atoms with Gasteiger partial charge in [0.15, 0.2) is 0 Å². The zero-order chi connectivity index (χ0) is 14.0. The average Bonchev–Trinajstić information content (AvgIpc) is 2.36. The Labute approximate surface area is 107 Å². The maximum Gasteiger partial charge on any atom is 0.251 e. The van der Waals surface area contributed by atoms with Crippen LogP contribution in [0.4, 0.5) is 13.2 Å². The monoisotopic (exact) mass is 265 g/mol. The largest absolute Gasteiger partial charge is 0.355 e. The van der Waals surface area contributed by atoms with Crippen molar-refractivity contribution in [2.45, 2.75) is 0 Å². The summed E-state index contributed by atoms with van der Waals surface area (Å²) in [6.45, 7) is 0. The molecule has 0 saturated carbocycles. The molecule has 1 amide bonds. The maximum absolute atomic E-state index is 13.9. The van der Waals surface area contributed by atoms with Crippen LogP contribution >= 0.6 is 0 Å². The van der Waals surface area contributed by atoms with Crippen molar-refractivity contribution in [3.63, 3.8) is 0 Å². The Morgan fingerprint density at radius 3 is 2.16 bits per heavy atom. The predicted octanol–water partition coefficient (Wildman–Crippen LogP) is 3.13. The fourth-order valence-corrected chi connectivity index (χ4v) is 1.74. The van der Waals surface area contributed by atoms with E-state index in [1.165, 1.54) is 19.2 Å². The van der Waals surface area contributed by atoms with Crippen molar-refractivity contribution in [1.29, 1.82) is 0 Å². The van der Waals surface area contributed by atoms with Crippen LogP contribution < -0.4 is 5.32 Å². The molecular formula is C14H10F3NO. The van der Waals surface area contributed by atoms with Crippen molar-refractivity contribution in [2.75, 3.05) is 7.05 Å². The Bertz CT molecular complexity index is 620. The van der Waals surface area contributed by atoms with Crippen molar-refractivity contribution in [1.82, 2.24) is 5.32 Å². The summed E-state index contributed by atoms with van der Waals surface area (Å²) in [4.78, 5) is 11.3. The third kappa shape index (κ3) is 2.76. The zero-order valence-electron chi connectivity index (χ0n) is 10.0. The number of nitrogens with one attached hydrogen (secondary N) is 1. The highest BCUT2D eigenvalue weighted by Crippen LogP contribution is 2.25. The molecule has 0 unspecified atom stereocenters. The molecular weight excluding hydrogens is 255 g/mol. The van der Waals surface area contributed by atoms with E-state index in [-0.39, 0.29) is 16.7 Å². The highest BCUT2D eigenvalue weighted by Gasteiger charge is 2.11. The molecule has 0 aliphatic carbocycles. The molecule has 2 rings (SSSR count). The molecule has 1 N–H and O–H groups in total. The van der Waals surface area contributed by atoms with Gasteiger partial charge in [0.25, 0.3) is 5.91 Å². The summed E-state index contributed by atoms with van der Waals surface area (Å²) in [6, 6.07) is 6.49. The minimum absolute atomic E-state index is 0.0334. The molecule has 98 valence electrons. The van der Waals surface area contributed by atoms with E-state index in [4.69, 9.17) is 0 Å². The van der Waals surface area contributed by atoms with Crippen molar-refractivity contribution < 1.29 is 18.0 Å². The van der Waals surface area contributed by atoms with Gasteiger partial charge in [0.2, 0.25) is 0 Å². The van der Waals surface area contributed by atoms with Gasteiger partial charge in [-0.25, -0.2) is 13.2 Å². The van der Waals surface area contributed by atoms with E-state index >= 15 is 0 Å². The minimum Gasteiger partial charge on any atom is -0.355 e. The summed E-state index contributed by atoms with van der Waals surface area (Å²) in [5.41, 5.74) is 0.255. The first-order chi connectivity index (χ1) is 9.01.